The van der Waals surface area contributed by atoms with Gasteiger partial charge in [0, 0.05) is 58.6 Å². The number of nitrogens with zero attached hydrogens (tertiary/aromatic N) is 5. The number of hydrogen-bond acceptors (Lipinski definition) is 5. The Hall–Kier alpha value is -1.91. The first kappa shape index (κ1) is 24.7. The summed E-state index contributed by atoms with van der Waals surface area (Å²) in [6.45, 7) is 12.2. The van der Waals surface area contributed by atoms with Crippen molar-refractivity contribution >= 4 is 35.8 Å². The van der Waals surface area contributed by atoms with Gasteiger partial charge in [-0.15, -0.1) is 24.0 Å². The number of guanidine groups is 1. The van der Waals surface area contributed by atoms with E-state index in [-0.39, 0.29) is 24.0 Å². The van der Waals surface area contributed by atoms with Gasteiger partial charge >= 0.3 is 0 Å². The molecule has 0 unspecified atom stereocenters. The minimum absolute atomic E-state index is 0. The molecule has 0 atom stereocenters. The van der Waals surface area contributed by atoms with Crippen molar-refractivity contribution in [2.45, 2.75) is 20.0 Å². The molecule has 2 saturated heterocycles. The van der Waals surface area contributed by atoms with E-state index in [2.05, 4.69) is 62.3 Å². The molecule has 2 aliphatic rings. The molecular formula is C24H35IN6O. The Bertz CT molecular complexity index is 818. The second kappa shape index (κ2) is 13.0. The van der Waals surface area contributed by atoms with E-state index in [9.17, 15) is 0 Å². The molecule has 0 bridgehead atoms. The van der Waals surface area contributed by atoms with Crippen molar-refractivity contribution in [1.29, 1.82) is 0 Å². The van der Waals surface area contributed by atoms with Crippen molar-refractivity contribution in [3.05, 3.63) is 59.8 Å². The van der Waals surface area contributed by atoms with E-state index in [0.29, 0.717) is 6.54 Å². The number of anilines is 1. The molecule has 3 heterocycles. The van der Waals surface area contributed by atoms with Crippen LogP contribution in [0.3, 0.4) is 0 Å². The Morgan fingerprint density at radius 3 is 2.34 bits per heavy atom. The predicted molar refractivity (Wildman–Crippen MR) is 141 cm³/mol. The van der Waals surface area contributed by atoms with Crippen LogP contribution in [0.4, 0.5) is 5.82 Å². The van der Waals surface area contributed by atoms with Gasteiger partial charge in [-0.25, -0.2) is 9.98 Å². The van der Waals surface area contributed by atoms with Gasteiger partial charge in [-0.2, -0.15) is 0 Å². The number of benzene rings is 1. The third kappa shape index (κ3) is 7.05. The molecule has 2 fully saturated rings. The number of nitrogens with one attached hydrogen (secondary N) is 1. The molecular weight excluding hydrogens is 515 g/mol. The largest absolute Gasteiger partial charge is 0.379 e. The molecule has 1 N–H and O–H groups in total. The van der Waals surface area contributed by atoms with Crippen LogP contribution >= 0.6 is 24.0 Å². The van der Waals surface area contributed by atoms with Crippen LogP contribution in [-0.2, 0) is 17.8 Å². The number of aliphatic imine (C=N–C) groups is 1. The summed E-state index contributed by atoms with van der Waals surface area (Å²) in [5, 5.41) is 3.47. The van der Waals surface area contributed by atoms with Crippen LogP contribution in [0.1, 0.15) is 18.1 Å². The normalized spacial score (nSPS) is 17.7. The van der Waals surface area contributed by atoms with Crippen LogP contribution in [0.2, 0.25) is 0 Å². The fourth-order valence-electron chi connectivity index (χ4n) is 4.05. The monoisotopic (exact) mass is 550 g/mol. The van der Waals surface area contributed by atoms with E-state index in [1.165, 1.54) is 11.1 Å². The first-order valence-electron chi connectivity index (χ1n) is 11.4. The van der Waals surface area contributed by atoms with Gasteiger partial charge in [0.25, 0.3) is 0 Å². The molecule has 0 radical (unpaired) electrons. The molecule has 32 heavy (non-hydrogen) atoms. The lowest BCUT2D eigenvalue weighted by molar-refractivity contribution is 0.0342. The Balaban J connectivity index is 0.00000289. The van der Waals surface area contributed by atoms with Gasteiger partial charge in [0.1, 0.15) is 5.82 Å². The van der Waals surface area contributed by atoms with Crippen LogP contribution in [0.15, 0.2) is 53.7 Å². The van der Waals surface area contributed by atoms with E-state index < -0.39 is 0 Å². The van der Waals surface area contributed by atoms with Crippen LogP contribution < -0.4 is 10.2 Å². The maximum absolute atomic E-state index is 5.44. The van der Waals surface area contributed by atoms with E-state index >= 15 is 0 Å². The fourth-order valence-corrected chi connectivity index (χ4v) is 4.05. The number of aromatic nitrogens is 1. The number of halogens is 1. The number of pyridine rings is 1. The second-order valence-electron chi connectivity index (χ2n) is 8.04. The second-order valence-corrected chi connectivity index (χ2v) is 8.04. The third-order valence-corrected chi connectivity index (χ3v) is 5.83. The summed E-state index contributed by atoms with van der Waals surface area (Å²) in [5.41, 5.74) is 2.60. The lowest BCUT2D eigenvalue weighted by Crippen LogP contribution is -2.52. The first-order chi connectivity index (χ1) is 15.3. The highest BCUT2D eigenvalue weighted by molar-refractivity contribution is 14.0. The maximum Gasteiger partial charge on any atom is 0.194 e. The standard InChI is InChI=1S/C24H34N6O.HI/c1-2-25-24(30-13-11-29(12-14-30)23-5-3-4-10-26-23)27-19-21-6-8-22(9-7-21)20-28-15-17-31-18-16-28;/h3-10H,2,11-20H2,1H3,(H,25,27);1H. The van der Waals surface area contributed by atoms with Crippen LogP contribution in [0.25, 0.3) is 0 Å². The zero-order valence-corrected chi connectivity index (χ0v) is 21.3. The van der Waals surface area contributed by atoms with Crippen molar-refractivity contribution < 1.29 is 4.74 Å². The van der Waals surface area contributed by atoms with Gasteiger partial charge in [0.05, 0.1) is 19.8 Å². The minimum Gasteiger partial charge on any atom is -0.379 e. The summed E-state index contributed by atoms with van der Waals surface area (Å²) in [7, 11) is 0. The molecule has 2 aliphatic heterocycles. The van der Waals surface area contributed by atoms with Gasteiger partial charge < -0.3 is 19.9 Å². The van der Waals surface area contributed by atoms with Crippen molar-refractivity contribution in [2.24, 2.45) is 4.99 Å². The van der Waals surface area contributed by atoms with Crippen LogP contribution in [0, 0.1) is 0 Å². The molecule has 0 aliphatic carbocycles. The zero-order valence-electron chi connectivity index (χ0n) is 18.9. The summed E-state index contributed by atoms with van der Waals surface area (Å²) in [5.74, 6) is 2.06. The van der Waals surface area contributed by atoms with Crippen LogP contribution in [0.5, 0.6) is 0 Å². The Morgan fingerprint density at radius 1 is 0.969 bits per heavy atom. The summed E-state index contributed by atoms with van der Waals surface area (Å²) in [6, 6.07) is 15.0. The minimum atomic E-state index is 0. The van der Waals surface area contributed by atoms with E-state index in [1.807, 2.05) is 18.3 Å². The Morgan fingerprint density at radius 2 is 1.69 bits per heavy atom. The number of rotatable bonds is 6. The van der Waals surface area contributed by atoms with Crippen molar-refractivity contribution in [3.8, 4) is 0 Å². The van der Waals surface area contributed by atoms with E-state index in [1.54, 1.807) is 0 Å². The van der Waals surface area contributed by atoms with Gasteiger partial charge in [-0.1, -0.05) is 30.3 Å². The molecule has 2 aromatic rings. The zero-order chi connectivity index (χ0) is 21.3. The highest BCUT2D eigenvalue weighted by Gasteiger charge is 2.20. The molecule has 0 amide bonds. The Kier molecular flexibility index (Phi) is 10.0. The summed E-state index contributed by atoms with van der Waals surface area (Å²) in [4.78, 5) is 16.5. The molecule has 0 saturated carbocycles. The average molecular weight is 550 g/mol. The van der Waals surface area contributed by atoms with Crippen molar-refractivity contribution in [3.63, 3.8) is 0 Å². The quantitative estimate of drug-likeness (QED) is 0.339. The first-order valence-corrected chi connectivity index (χ1v) is 11.4. The van der Waals surface area contributed by atoms with Crippen molar-refractivity contribution in [1.82, 2.24) is 20.1 Å². The molecule has 0 spiro atoms. The molecule has 8 heteroatoms. The average Bonchev–Trinajstić information content (AvgIpc) is 2.84. The number of piperazine rings is 1. The van der Waals surface area contributed by atoms with Gasteiger partial charge in [0.15, 0.2) is 5.96 Å². The van der Waals surface area contributed by atoms with Gasteiger partial charge in [-0.05, 0) is 30.2 Å². The molecule has 174 valence electrons. The topological polar surface area (TPSA) is 56.2 Å². The molecule has 1 aromatic carbocycles. The SMILES string of the molecule is CCNC(=NCc1ccc(CN2CCOCC2)cc1)N1CCN(c2ccccn2)CC1.I. The maximum atomic E-state index is 5.44. The smallest absolute Gasteiger partial charge is 0.194 e. The lowest BCUT2D eigenvalue weighted by Gasteiger charge is -2.37. The van der Waals surface area contributed by atoms with Gasteiger partial charge in [-0.3, -0.25) is 4.90 Å². The summed E-state index contributed by atoms with van der Waals surface area (Å²) >= 11 is 0. The Labute approximate surface area is 208 Å². The van der Waals surface area contributed by atoms with E-state index in [4.69, 9.17) is 9.73 Å². The molecule has 1 aromatic heterocycles. The third-order valence-electron chi connectivity index (χ3n) is 5.83. The number of ether oxygens (including phenoxy) is 1. The summed E-state index contributed by atoms with van der Waals surface area (Å²) < 4.78 is 5.44. The van der Waals surface area contributed by atoms with Gasteiger partial charge in [0.2, 0.25) is 0 Å². The number of morpholine rings is 1. The highest BCUT2D eigenvalue weighted by atomic mass is 127. The fraction of sp³-hybridized carbons (Fsp3) is 0.500. The lowest BCUT2D eigenvalue weighted by atomic mass is 10.1. The molecule has 7 nitrogen and oxygen atoms in total. The summed E-state index contributed by atoms with van der Waals surface area (Å²) in [6.07, 6.45) is 1.86. The van der Waals surface area contributed by atoms with E-state index in [0.717, 1.165) is 77.3 Å². The number of hydrogen-bond donors (Lipinski definition) is 1. The highest BCUT2D eigenvalue weighted by Crippen LogP contribution is 2.14. The van der Waals surface area contributed by atoms with Crippen molar-refractivity contribution in [2.75, 3.05) is 63.9 Å². The predicted octanol–water partition coefficient (Wildman–Crippen LogP) is 2.82. The molecule has 4 rings (SSSR count). The van der Waals surface area contributed by atoms with Crippen LogP contribution in [-0.4, -0.2) is 79.8 Å².